The molecule has 1 aromatic carbocycles. The van der Waals surface area contributed by atoms with Crippen molar-refractivity contribution in [3.8, 4) is 0 Å². The Morgan fingerprint density at radius 1 is 1.58 bits per heavy atom. The molecule has 1 saturated heterocycles. The van der Waals surface area contributed by atoms with Crippen LogP contribution in [0.15, 0.2) is 18.2 Å². The highest BCUT2D eigenvalue weighted by Gasteiger charge is 2.21. The van der Waals surface area contributed by atoms with Gasteiger partial charge in [0.15, 0.2) is 0 Å². The number of thiocarbonyl (C=S) groups is 1. The fourth-order valence-corrected chi connectivity index (χ4v) is 2.33. The molecule has 3 N–H and O–H groups in total. The van der Waals surface area contributed by atoms with Crippen molar-refractivity contribution in [2.45, 2.75) is 12.6 Å². The standard InChI is InChI=1S/C13H17FN2O2S/c14-12-9(2-1-3-11(12)13(15)19)6-16-4-5-18-10(7-16)8-17/h1-3,10,17H,4-8H2,(H2,15,19). The molecule has 0 aliphatic carbocycles. The first-order chi connectivity index (χ1) is 9.11. The van der Waals surface area contributed by atoms with Crippen LogP contribution in [0.1, 0.15) is 11.1 Å². The number of halogens is 1. The Hall–Kier alpha value is -1.08. The zero-order valence-corrected chi connectivity index (χ0v) is 11.3. The minimum atomic E-state index is -0.359. The highest BCUT2D eigenvalue weighted by atomic mass is 32.1. The van der Waals surface area contributed by atoms with Crippen molar-refractivity contribution in [2.75, 3.05) is 26.3 Å². The largest absolute Gasteiger partial charge is 0.394 e. The third kappa shape index (κ3) is 3.48. The van der Waals surface area contributed by atoms with Gasteiger partial charge in [-0.05, 0) is 6.07 Å². The highest BCUT2D eigenvalue weighted by molar-refractivity contribution is 7.80. The molecule has 1 aromatic rings. The van der Waals surface area contributed by atoms with Gasteiger partial charge in [-0.2, -0.15) is 0 Å². The van der Waals surface area contributed by atoms with E-state index in [-0.39, 0.29) is 29.1 Å². The molecule has 0 aromatic heterocycles. The maximum absolute atomic E-state index is 14.2. The van der Waals surface area contributed by atoms with Crippen LogP contribution in [0.25, 0.3) is 0 Å². The summed E-state index contributed by atoms with van der Waals surface area (Å²) in [7, 11) is 0. The highest BCUT2D eigenvalue weighted by Crippen LogP contribution is 2.16. The molecular weight excluding hydrogens is 267 g/mol. The number of benzene rings is 1. The van der Waals surface area contributed by atoms with Gasteiger partial charge in [-0.15, -0.1) is 0 Å². The van der Waals surface area contributed by atoms with Crippen molar-refractivity contribution in [3.63, 3.8) is 0 Å². The number of nitrogens with two attached hydrogens (primary N) is 1. The van der Waals surface area contributed by atoms with Crippen molar-refractivity contribution >= 4 is 17.2 Å². The summed E-state index contributed by atoms with van der Waals surface area (Å²) in [6.45, 7) is 2.29. The van der Waals surface area contributed by atoms with Gasteiger partial charge in [-0.3, -0.25) is 4.90 Å². The molecule has 0 bridgehead atoms. The van der Waals surface area contributed by atoms with Gasteiger partial charge < -0.3 is 15.6 Å². The Kier molecular flexibility index (Phi) is 4.81. The first-order valence-corrected chi connectivity index (χ1v) is 6.54. The fraction of sp³-hybridized carbons (Fsp3) is 0.462. The molecule has 19 heavy (non-hydrogen) atoms. The lowest BCUT2D eigenvalue weighted by Gasteiger charge is -2.32. The molecule has 1 aliphatic rings. The fourth-order valence-electron chi connectivity index (χ4n) is 2.17. The summed E-state index contributed by atoms with van der Waals surface area (Å²) in [5.74, 6) is -0.359. The molecule has 4 nitrogen and oxygen atoms in total. The average Bonchev–Trinajstić information content (AvgIpc) is 2.41. The lowest BCUT2D eigenvalue weighted by Crippen LogP contribution is -2.43. The van der Waals surface area contributed by atoms with Gasteiger partial charge in [0.2, 0.25) is 0 Å². The van der Waals surface area contributed by atoms with Crippen LogP contribution in [0.2, 0.25) is 0 Å². The van der Waals surface area contributed by atoms with E-state index in [2.05, 4.69) is 0 Å². The molecule has 0 radical (unpaired) electrons. The van der Waals surface area contributed by atoms with Gasteiger partial charge >= 0.3 is 0 Å². The van der Waals surface area contributed by atoms with Crippen LogP contribution in [0, 0.1) is 5.82 Å². The minimum absolute atomic E-state index is 0.0219. The van der Waals surface area contributed by atoms with E-state index < -0.39 is 0 Å². The van der Waals surface area contributed by atoms with E-state index in [1.165, 1.54) is 0 Å². The van der Waals surface area contributed by atoms with Crippen LogP contribution in [-0.2, 0) is 11.3 Å². The predicted octanol–water partition coefficient (Wildman–Crippen LogP) is 0.653. The first-order valence-electron chi connectivity index (χ1n) is 6.14. The molecule has 1 fully saturated rings. The molecule has 0 spiro atoms. The van der Waals surface area contributed by atoms with Gasteiger partial charge in [0, 0.05) is 30.8 Å². The Morgan fingerprint density at radius 2 is 2.37 bits per heavy atom. The van der Waals surface area contributed by atoms with E-state index in [4.69, 9.17) is 27.8 Å². The van der Waals surface area contributed by atoms with Crippen molar-refractivity contribution in [1.29, 1.82) is 0 Å². The number of hydrogen-bond acceptors (Lipinski definition) is 4. The topological polar surface area (TPSA) is 58.7 Å². The second-order valence-corrected chi connectivity index (χ2v) is 4.99. The summed E-state index contributed by atoms with van der Waals surface area (Å²) in [6.07, 6.45) is -0.199. The van der Waals surface area contributed by atoms with Crippen LogP contribution in [0.4, 0.5) is 4.39 Å². The zero-order valence-electron chi connectivity index (χ0n) is 10.5. The normalized spacial score (nSPS) is 20.4. The predicted molar refractivity (Wildman–Crippen MR) is 74.4 cm³/mol. The summed E-state index contributed by atoms with van der Waals surface area (Å²) in [4.78, 5) is 2.11. The van der Waals surface area contributed by atoms with Crippen molar-refractivity contribution in [1.82, 2.24) is 4.90 Å². The second kappa shape index (κ2) is 6.38. The molecule has 1 heterocycles. The summed E-state index contributed by atoms with van der Waals surface area (Å²) >= 11 is 4.82. The molecule has 1 unspecified atom stereocenters. The Balaban J connectivity index is 2.10. The van der Waals surface area contributed by atoms with E-state index in [0.29, 0.717) is 31.8 Å². The van der Waals surface area contributed by atoms with Crippen LogP contribution in [0.3, 0.4) is 0 Å². The van der Waals surface area contributed by atoms with Crippen LogP contribution < -0.4 is 5.73 Å². The Bertz CT molecular complexity index is 470. The number of nitrogens with zero attached hydrogens (tertiary/aromatic N) is 1. The third-order valence-electron chi connectivity index (χ3n) is 3.16. The van der Waals surface area contributed by atoms with Crippen LogP contribution >= 0.6 is 12.2 Å². The van der Waals surface area contributed by atoms with E-state index >= 15 is 0 Å². The quantitative estimate of drug-likeness (QED) is 0.795. The Morgan fingerprint density at radius 3 is 3.05 bits per heavy atom. The lowest BCUT2D eigenvalue weighted by molar-refractivity contribution is -0.0553. The maximum Gasteiger partial charge on any atom is 0.137 e. The molecule has 0 saturated carbocycles. The average molecular weight is 284 g/mol. The molecule has 104 valence electrons. The number of morpholine rings is 1. The summed E-state index contributed by atoms with van der Waals surface area (Å²) < 4.78 is 19.5. The van der Waals surface area contributed by atoms with Gasteiger partial charge in [-0.25, -0.2) is 4.39 Å². The van der Waals surface area contributed by atoms with Crippen molar-refractivity contribution < 1.29 is 14.2 Å². The van der Waals surface area contributed by atoms with E-state index in [9.17, 15) is 4.39 Å². The van der Waals surface area contributed by atoms with E-state index in [1.807, 2.05) is 4.90 Å². The summed E-state index contributed by atoms with van der Waals surface area (Å²) in [5.41, 5.74) is 6.32. The number of aliphatic hydroxyl groups excluding tert-OH is 1. The maximum atomic E-state index is 14.2. The van der Waals surface area contributed by atoms with E-state index in [0.717, 1.165) is 0 Å². The minimum Gasteiger partial charge on any atom is -0.394 e. The van der Waals surface area contributed by atoms with Gasteiger partial charge in [0.25, 0.3) is 0 Å². The summed E-state index contributed by atoms with van der Waals surface area (Å²) in [6, 6.07) is 5.05. The number of hydrogen-bond donors (Lipinski definition) is 2. The van der Waals surface area contributed by atoms with Crippen LogP contribution in [0.5, 0.6) is 0 Å². The monoisotopic (exact) mass is 284 g/mol. The number of rotatable bonds is 4. The molecule has 0 amide bonds. The second-order valence-electron chi connectivity index (χ2n) is 4.55. The van der Waals surface area contributed by atoms with Gasteiger partial charge in [-0.1, -0.05) is 24.4 Å². The molecule has 1 atom stereocenters. The zero-order chi connectivity index (χ0) is 13.8. The van der Waals surface area contributed by atoms with Crippen LogP contribution in [-0.4, -0.2) is 47.4 Å². The Labute approximate surface area is 117 Å². The third-order valence-corrected chi connectivity index (χ3v) is 3.38. The summed E-state index contributed by atoms with van der Waals surface area (Å²) in [5, 5.41) is 9.09. The number of aliphatic hydroxyl groups is 1. The molecule has 6 heteroatoms. The van der Waals surface area contributed by atoms with Gasteiger partial charge in [0.05, 0.1) is 19.3 Å². The smallest absolute Gasteiger partial charge is 0.137 e. The van der Waals surface area contributed by atoms with Gasteiger partial charge in [0.1, 0.15) is 10.8 Å². The molecule has 1 aliphatic heterocycles. The first kappa shape index (κ1) is 14.3. The van der Waals surface area contributed by atoms with E-state index in [1.54, 1.807) is 18.2 Å². The van der Waals surface area contributed by atoms with Crippen molar-refractivity contribution in [2.24, 2.45) is 5.73 Å². The molecular formula is C13H17FN2O2S. The van der Waals surface area contributed by atoms with Crippen molar-refractivity contribution in [3.05, 3.63) is 35.1 Å². The number of ether oxygens (including phenoxy) is 1. The molecule has 2 rings (SSSR count). The SMILES string of the molecule is NC(=S)c1cccc(CN2CCOC(CO)C2)c1F. The lowest BCUT2D eigenvalue weighted by atomic mass is 10.1.